The summed E-state index contributed by atoms with van der Waals surface area (Å²) < 4.78 is 15.5. The average Bonchev–Trinajstić information content (AvgIpc) is 3.25. The molecule has 0 saturated carbocycles. The van der Waals surface area contributed by atoms with Crippen molar-refractivity contribution in [1.29, 1.82) is 0 Å². The summed E-state index contributed by atoms with van der Waals surface area (Å²) in [6.07, 6.45) is 0.855. The molecule has 1 atom stereocenters. The standard InChI is InChI=1S/C18H20ClNO4S.2CH4O.CH2O/c1-22-11-24-16-9-12-10-20(8-7-15(12)25-16)17(18(21)23-2)13-5-3-4-6-14(13)19;3*1-2/h3-6,9,17H,7-8,10-11H2,1-2H3;2*2H,1H3;1H2. The predicted octanol–water partition coefficient (Wildman–Crippen LogP) is 2.69. The van der Waals surface area contributed by atoms with Crippen LogP contribution in [0.15, 0.2) is 30.3 Å². The van der Waals surface area contributed by atoms with E-state index < -0.39 is 6.04 Å². The minimum Gasteiger partial charge on any atom is -0.468 e. The van der Waals surface area contributed by atoms with E-state index in [1.165, 1.54) is 17.6 Å². The van der Waals surface area contributed by atoms with Crippen LogP contribution in [-0.4, -0.2) is 69.6 Å². The fourth-order valence-corrected chi connectivity index (χ4v) is 4.26. The second-order valence-corrected chi connectivity index (χ2v) is 7.24. The number of esters is 1. The molecule has 2 N–H and O–H groups in total. The smallest absolute Gasteiger partial charge is 0.327 e. The van der Waals surface area contributed by atoms with Gasteiger partial charge in [-0.3, -0.25) is 4.90 Å². The minimum absolute atomic E-state index is 0.230. The Labute approximate surface area is 191 Å². The number of ether oxygens (including phenoxy) is 3. The number of aliphatic hydroxyl groups is 2. The van der Waals surface area contributed by atoms with Gasteiger partial charge >= 0.3 is 5.97 Å². The number of carbonyl (C=O) groups excluding carboxylic acids is 2. The van der Waals surface area contributed by atoms with Gasteiger partial charge in [-0.25, -0.2) is 4.79 Å². The van der Waals surface area contributed by atoms with Crippen molar-refractivity contribution in [1.82, 2.24) is 4.90 Å². The Hall–Kier alpha value is -2.01. The summed E-state index contributed by atoms with van der Waals surface area (Å²) in [7, 11) is 5.00. The van der Waals surface area contributed by atoms with Gasteiger partial charge in [0, 0.05) is 44.3 Å². The lowest BCUT2D eigenvalue weighted by Gasteiger charge is -2.33. The highest BCUT2D eigenvalue weighted by Gasteiger charge is 2.33. The number of benzene rings is 1. The molecule has 8 nitrogen and oxygen atoms in total. The fourth-order valence-electron chi connectivity index (χ4n) is 3.02. The van der Waals surface area contributed by atoms with E-state index in [9.17, 15) is 4.79 Å². The molecule has 0 bridgehead atoms. The zero-order valence-corrected chi connectivity index (χ0v) is 19.7. The first-order valence-electron chi connectivity index (χ1n) is 9.12. The Morgan fingerprint density at radius 1 is 1.23 bits per heavy atom. The Morgan fingerprint density at radius 3 is 2.45 bits per heavy atom. The molecule has 0 saturated heterocycles. The zero-order chi connectivity index (χ0) is 23.8. The summed E-state index contributed by atoms with van der Waals surface area (Å²) in [4.78, 5) is 23.8. The molecule has 0 aliphatic carbocycles. The van der Waals surface area contributed by atoms with Crippen molar-refractivity contribution in [2.75, 3.05) is 41.8 Å². The number of methoxy groups -OCH3 is 2. The van der Waals surface area contributed by atoms with E-state index in [-0.39, 0.29) is 12.8 Å². The quantitative estimate of drug-likeness (QED) is 0.485. The molecule has 0 fully saturated rings. The monoisotopic (exact) mass is 475 g/mol. The first-order chi connectivity index (χ1) is 15.1. The van der Waals surface area contributed by atoms with Crippen LogP contribution in [0.4, 0.5) is 0 Å². The van der Waals surface area contributed by atoms with Crippen LogP contribution >= 0.6 is 22.9 Å². The van der Waals surface area contributed by atoms with Crippen molar-refractivity contribution in [3.63, 3.8) is 0 Å². The molecule has 174 valence electrons. The van der Waals surface area contributed by atoms with Crippen LogP contribution in [0.1, 0.15) is 22.0 Å². The third-order valence-corrected chi connectivity index (χ3v) is 5.68. The van der Waals surface area contributed by atoms with Gasteiger partial charge in [-0.15, -0.1) is 11.3 Å². The van der Waals surface area contributed by atoms with Gasteiger partial charge in [0.1, 0.15) is 12.8 Å². The number of thiophene rings is 1. The number of hydrogen-bond donors (Lipinski definition) is 2. The Bertz CT molecular complexity index is 772. The van der Waals surface area contributed by atoms with Crippen LogP contribution < -0.4 is 4.74 Å². The SMILES string of the molecule is C=O.CO.CO.COCOc1cc2c(s1)CCN(C(C(=O)OC)c1ccccc1Cl)C2. The van der Waals surface area contributed by atoms with Crippen molar-refractivity contribution in [2.24, 2.45) is 0 Å². The van der Waals surface area contributed by atoms with Crippen molar-refractivity contribution in [3.8, 4) is 5.06 Å². The van der Waals surface area contributed by atoms with Crippen molar-refractivity contribution >= 4 is 35.7 Å². The number of rotatable bonds is 6. The summed E-state index contributed by atoms with van der Waals surface area (Å²) >= 11 is 7.97. The second-order valence-electron chi connectivity index (χ2n) is 5.73. The number of aliphatic hydroxyl groups excluding tert-OH is 2. The molecule has 1 aromatic heterocycles. The number of hydrogen-bond acceptors (Lipinski definition) is 9. The number of halogens is 1. The molecular formula is C21H30ClNO7S. The van der Waals surface area contributed by atoms with Gasteiger partial charge in [-0.1, -0.05) is 29.8 Å². The maximum Gasteiger partial charge on any atom is 0.327 e. The number of fused-ring (bicyclic) bond motifs is 1. The van der Waals surface area contributed by atoms with Crippen LogP contribution in [0.3, 0.4) is 0 Å². The summed E-state index contributed by atoms with van der Waals surface area (Å²) in [5.41, 5.74) is 1.94. The molecule has 2 aromatic rings. The van der Waals surface area contributed by atoms with Gasteiger partial charge in [-0.05, 0) is 29.7 Å². The lowest BCUT2D eigenvalue weighted by Crippen LogP contribution is -2.38. The van der Waals surface area contributed by atoms with E-state index in [1.54, 1.807) is 24.5 Å². The van der Waals surface area contributed by atoms with Crippen molar-refractivity contribution in [2.45, 2.75) is 19.0 Å². The zero-order valence-electron chi connectivity index (χ0n) is 18.2. The summed E-state index contributed by atoms with van der Waals surface area (Å²) in [5.74, 6) is -0.303. The van der Waals surface area contributed by atoms with Gasteiger partial charge in [0.2, 0.25) is 0 Å². The number of nitrogens with zero attached hydrogens (tertiary/aromatic N) is 1. The van der Waals surface area contributed by atoms with Crippen molar-refractivity contribution in [3.05, 3.63) is 51.4 Å². The highest BCUT2D eigenvalue weighted by molar-refractivity contribution is 7.14. The lowest BCUT2D eigenvalue weighted by molar-refractivity contribution is -0.147. The first-order valence-corrected chi connectivity index (χ1v) is 10.3. The van der Waals surface area contributed by atoms with Crippen LogP contribution in [0.25, 0.3) is 0 Å². The van der Waals surface area contributed by atoms with Crippen LogP contribution in [0.2, 0.25) is 5.02 Å². The Balaban J connectivity index is 0.00000138. The first kappa shape index (κ1) is 29.0. The molecule has 1 aliphatic rings. The lowest BCUT2D eigenvalue weighted by atomic mass is 10.0. The van der Waals surface area contributed by atoms with Gasteiger partial charge in [0.05, 0.1) is 7.11 Å². The van der Waals surface area contributed by atoms with Crippen LogP contribution in [0.5, 0.6) is 5.06 Å². The predicted molar refractivity (Wildman–Crippen MR) is 121 cm³/mol. The topological polar surface area (TPSA) is 106 Å². The molecule has 1 aliphatic heterocycles. The molecular weight excluding hydrogens is 446 g/mol. The third kappa shape index (κ3) is 8.21. The Morgan fingerprint density at radius 2 is 1.87 bits per heavy atom. The minimum atomic E-state index is -0.518. The van der Waals surface area contributed by atoms with E-state index in [1.807, 2.05) is 31.1 Å². The van der Waals surface area contributed by atoms with Gasteiger partial charge in [0.15, 0.2) is 11.9 Å². The van der Waals surface area contributed by atoms with Crippen molar-refractivity contribution < 1.29 is 34.0 Å². The van der Waals surface area contributed by atoms with E-state index in [2.05, 4.69) is 4.90 Å². The third-order valence-electron chi connectivity index (χ3n) is 4.18. The average molecular weight is 476 g/mol. The number of carbonyl (C=O) groups is 2. The Kier molecular flexibility index (Phi) is 15.6. The largest absolute Gasteiger partial charge is 0.468 e. The molecule has 10 heteroatoms. The summed E-state index contributed by atoms with van der Waals surface area (Å²) in [6.45, 7) is 3.63. The van der Waals surface area contributed by atoms with Gasteiger partial charge in [0.25, 0.3) is 0 Å². The molecule has 2 heterocycles. The molecule has 3 rings (SSSR count). The van der Waals surface area contributed by atoms with E-state index >= 15 is 0 Å². The van der Waals surface area contributed by atoms with Crippen LogP contribution in [0, 0.1) is 0 Å². The van der Waals surface area contributed by atoms with Gasteiger partial charge in [-0.2, -0.15) is 0 Å². The van der Waals surface area contributed by atoms with Crippen LogP contribution in [-0.2, 0) is 32.0 Å². The molecule has 0 amide bonds. The molecule has 0 spiro atoms. The highest BCUT2D eigenvalue weighted by Crippen LogP contribution is 2.37. The normalized spacial score (nSPS) is 13.0. The van der Waals surface area contributed by atoms with E-state index in [0.29, 0.717) is 11.6 Å². The summed E-state index contributed by atoms with van der Waals surface area (Å²) in [6, 6.07) is 8.91. The maximum atomic E-state index is 12.5. The molecule has 1 aromatic carbocycles. The fraction of sp³-hybridized carbons (Fsp3) is 0.429. The summed E-state index contributed by atoms with van der Waals surface area (Å²) in [5, 5.41) is 15.4. The molecule has 31 heavy (non-hydrogen) atoms. The maximum absolute atomic E-state index is 12.5. The molecule has 1 unspecified atom stereocenters. The molecule has 0 radical (unpaired) electrons. The van der Waals surface area contributed by atoms with E-state index in [0.717, 1.165) is 37.8 Å². The highest BCUT2D eigenvalue weighted by atomic mass is 35.5. The van der Waals surface area contributed by atoms with E-state index in [4.69, 9.17) is 40.8 Å². The van der Waals surface area contributed by atoms with Gasteiger partial charge < -0.3 is 29.2 Å². The second kappa shape index (κ2) is 16.7.